The molecule has 0 amide bonds. The van der Waals surface area contributed by atoms with Gasteiger partial charge in [-0.25, -0.2) is 4.79 Å². The van der Waals surface area contributed by atoms with Crippen molar-refractivity contribution in [2.24, 2.45) is 11.8 Å². The molecule has 1 heterocycles. The fourth-order valence-electron chi connectivity index (χ4n) is 4.62. The topological polar surface area (TPSA) is 90.9 Å². The lowest BCUT2D eigenvalue weighted by molar-refractivity contribution is -0.151. The van der Waals surface area contributed by atoms with Gasteiger partial charge in [-0.15, -0.1) is 0 Å². The lowest BCUT2D eigenvalue weighted by Gasteiger charge is -2.38. The number of rotatable bonds is 6. The molecule has 1 aromatic rings. The predicted molar refractivity (Wildman–Crippen MR) is 123 cm³/mol. The Labute approximate surface area is 195 Å². The van der Waals surface area contributed by atoms with Crippen molar-refractivity contribution in [1.29, 1.82) is 0 Å². The highest BCUT2D eigenvalue weighted by molar-refractivity contribution is 6.12. The number of para-hydroxylation sites is 1. The van der Waals surface area contributed by atoms with Crippen LogP contribution < -0.4 is 10.1 Å². The first-order valence-electron chi connectivity index (χ1n) is 11.4. The molecule has 0 radical (unpaired) electrons. The van der Waals surface area contributed by atoms with Crippen molar-refractivity contribution in [3.63, 3.8) is 0 Å². The smallest absolute Gasteiger partial charge is 0.337 e. The molecule has 7 nitrogen and oxygen atoms in total. The predicted octanol–water partition coefficient (Wildman–Crippen LogP) is 4.04. The molecule has 0 saturated carbocycles. The molecule has 1 aromatic carbocycles. The number of hydrogen-bond donors (Lipinski definition) is 1. The van der Waals surface area contributed by atoms with E-state index >= 15 is 0 Å². The second kappa shape index (κ2) is 9.81. The molecule has 33 heavy (non-hydrogen) atoms. The van der Waals surface area contributed by atoms with Gasteiger partial charge in [-0.05, 0) is 53.0 Å². The third-order valence-electron chi connectivity index (χ3n) is 5.90. The van der Waals surface area contributed by atoms with E-state index in [1.54, 1.807) is 20.8 Å². The molecule has 1 aliphatic heterocycles. The van der Waals surface area contributed by atoms with Crippen LogP contribution in [-0.2, 0) is 23.9 Å². The molecule has 0 fully saturated rings. The van der Waals surface area contributed by atoms with Crippen molar-refractivity contribution in [3.8, 4) is 5.75 Å². The van der Waals surface area contributed by atoms with Gasteiger partial charge in [0, 0.05) is 22.5 Å². The quantitative estimate of drug-likeness (QED) is 0.511. The van der Waals surface area contributed by atoms with E-state index < -0.39 is 23.8 Å². The zero-order chi connectivity index (χ0) is 24.4. The highest BCUT2D eigenvalue weighted by atomic mass is 16.5. The second-order valence-electron chi connectivity index (χ2n) is 9.19. The fourth-order valence-corrected chi connectivity index (χ4v) is 4.62. The minimum Gasteiger partial charge on any atom is -0.491 e. The molecule has 0 spiro atoms. The zero-order valence-corrected chi connectivity index (χ0v) is 20.4. The number of ether oxygens (including phenoxy) is 3. The van der Waals surface area contributed by atoms with Crippen molar-refractivity contribution >= 4 is 17.7 Å². The molecule has 7 heteroatoms. The number of esters is 2. The van der Waals surface area contributed by atoms with Crippen LogP contribution in [0.25, 0.3) is 0 Å². The van der Waals surface area contributed by atoms with E-state index in [1.165, 1.54) is 7.11 Å². The number of allylic oxidation sites excluding steroid dienone is 3. The fraction of sp³-hybridized carbons (Fsp3) is 0.500. The molecular weight excluding hydrogens is 422 g/mol. The monoisotopic (exact) mass is 455 g/mol. The summed E-state index contributed by atoms with van der Waals surface area (Å²) < 4.78 is 16.6. The van der Waals surface area contributed by atoms with Gasteiger partial charge < -0.3 is 19.5 Å². The van der Waals surface area contributed by atoms with Crippen LogP contribution in [0.5, 0.6) is 5.75 Å². The second-order valence-corrected chi connectivity index (χ2v) is 9.19. The van der Waals surface area contributed by atoms with Crippen LogP contribution in [0.3, 0.4) is 0 Å². The SMILES string of the molecule is COC(=O)[C@@H]1C(=O)C2=C(C[C@H]1C)NC(C)=C(C(=O)OC(C)C)[C@H]2c1ccccc1OC(C)C. The number of carbonyl (C=O) groups is 3. The normalized spacial score (nSPS) is 22.8. The highest BCUT2D eigenvalue weighted by Gasteiger charge is 2.47. The van der Waals surface area contributed by atoms with Crippen molar-refractivity contribution in [3.05, 3.63) is 52.4 Å². The van der Waals surface area contributed by atoms with E-state index in [0.29, 0.717) is 34.6 Å². The maximum Gasteiger partial charge on any atom is 0.337 e. The minimum absolute atomic E-state index is 0.109. The number of Topliss-reactive ketones (excluding diaryl/α,β-unsaturated/α-hetero) is 1. The Bertz CT molecular complexity index is 1020. The molecule has 2 aliphatic rings. The van der Waals surface area contributed by atoms with Gasteiger partial charge >= 0.3 is 11.9 Å². The van der Waals surface area contributed by atoms with Gasteiger partial charge in [0.1, 0.15) is 11.7 Å². The Morgan fingerprint density at radius 1 is 1.09 bits per heavy atom. The maximum atomic E-state index is 13.8. The summed E-state index contributed by atoms with van der Waals surface area (Å²) in [5, 5.41) is 3.27. The largest absolute Gasteiger partial charge is 0.491 e. The third kappa shape index (κ3) is 4.82. The summed E-state index contributed by atoms with van der Waals surface area (Å²) >= 11 is 0. The Balaban J connectivity index is 2.24. The van der Waals surface area contributed by atoms with Gasteiger partial charge in [0.25, 0.3) is 0 Å². The van der Waals surface area contributed by atoms with Crippen LogP contribution in [0.15, 0.2) is 46.8 Å². The Kier molecular flexibility index (Phi) is 7.30. The number of ketones is 1. The van der Waals surface area contributed by atoms with Gasteiger partial charge in [-0.1, -0.05) is 25.1 Å². The van der Waals surface area contributed by atoms with Crippen molar-refractivity contribution < 1.29 is 28.6 Å². The number of benzene rings is 1. The van der Waals surface area contributed by atoms with Crippen LogP contribution in [-0.4, -0.2) is 37.0 Å². The molecule has 0 unspecified atom stereocenters. The Hall–Kier alpha value is -3.09. The van der Waals surface area contributed by atoms with E-state index in [2.05, 4.69) is 5.32 Å². The van der Waals surface area contributed by atoms with Crippen molar-refractivity contribution in [2.75, 3.05) is 7.11 Å². The first kappa shape index (κ1) is 24.6. The van der Waals surface area contributed by atoms with Crippen LogP contribution in [0, 0.1) is 11.8 Å². The van der Waals surface area contributed by atoms with Crippen LogP contribution in [0.2, 0.25) is 0 Å². The Morgan fingerprint density at radius 2 is 1.76 bits per heavy atom. The lowest BCUT2D eigenvalue weighted by atomic mass is 9.69. The average Bonchev–Trinajstić information content (AvgIpc) is 2.71. The Morgan fingerprint density at radius 3 is 2.36 bits per heavy atom. The summed E-state index contributed by atoms with van der Waals surface area (Å²) in [5.74, 6) is -2.73. The van der Waals surface area contributed by atoms with Gasteiger partial charge in [-0.3, -0.25) is 9.59 Å². The summed E-state index contributed by atoms with van der Waals surface area (Å²) in [5.41, 5.74) is 2.76. The summed E-state index contributed by atoms with van der Waals surface area (Å²) in [4.78, 5) is 39.6. The van der Waals surface area contributed by atoms with E-state index in [-0.39, 0.29) is 23.9 Å². The number of dihydropyridines is 1. The number of nitrogens with one attached hydrogen (secondary N) is 1. The van der Waals surface area contributed by atoms with Gasteiger partial charge in [0.05, 0.1) is 30.8 Å². The van der Waals surface area contributed by atoms with E-state index in [9.17, 15) is 14.4 Å². The first-order chi connectivity index (χ1) is 15.6. The molecule has 178 valence electrons. The standard InChI is InChI=1S/C26H33NO6/c1-13(2)32-19-11-9-8-10-17(19)22-21(26(30)33-14(3)4)16(6)27-18-12-15(5)20(25(29)31-7)24(28)23(18)22/h8-11,13-15,20,22,27H,12H2,1-7H3/t15-,20+,22-/m1/s1. The van der Waals surface area contributed by atoms with Crippen molar-refractivity contribution in [2.45, 2.75) is 66.1 Å². The molecule has 1 aliphatic carbocycles. The molecular formula is C26H33NO6. The number of hydrogen-bond acceptors (Lipinski definition) is 7. The third-order valence-corrected chi connectivity index (χ3v) is 5.90. The summed E-state index contributed by atoms with van der Waals surface area (Å²) in [6, 6.07) is 7.38. The lowest BCUT2D eigenvalue weighted by Crippen LogP contribution is -2.43. The van der Waals surface area contributed by atoms with E-state index in [4.69, 9.17) is 14.2 Å². The average molecular weight is 456 g/mol. The maximum absolute atomic E-state index is 13.8. The number of methoxy groups -OCH3 is 1. The van der Waals surface area contributed by atoms with Crippen LogP contribution in [0.1, 0.15) is 59.4 Å². The van der Waals surface area contributed by atoms with Crippen LogP contribution >= 0.6 is 0 Å². The molecule has 0 saturated heterocycles. The molecule has 3 rings (SSSR count). The first-order valence-corrected chi connectivity index (χ1v) is 11.4. The van der Waals surface area contributed by atoms with Gasteiger partial charge in [0.2, 0.25) is 0 Å². The molecule has 0 aromatic heterocycles. The minimum atomic E-state index is -0.933. The zero-order valence-electron chi connectivity index (χ0n) is 20.4. The molecule has 3 atom stereocenters. The molecule has 1 N–H and O–H groups in total. The van der Waals surface area contributed by atoms with Crippen LogP contribution in [0.4, 0.5) is 0 Å². The molecule has 0 bridgehead atoms. The van der Waals surface area contributed by atoms with E-state index in [1.807, 2.05) is 45.0 Å². The summed E-state index contributed by atoms with van der Waals surface area (Å²) in [6.45, 7) is 11.1. The van der Waals surface area contributed by atoms with Crippen molar-refractivity contribution in [1.82, 2.24) is 5.32 Å². The number of carbonyl (C=O) groups excluding carboxylic acids is 3. The summed E-state index contributed by atoms with van der Waals surface area (Å²) in [7, 11) is 1.28. The van der Waals surface area contributed by atoms with Gasteiger partial charge in [-0.2, -0.15) is 0 Å². The summed E-state index contributed by atoms with van der Waals surface area (Å²) in [6.07, 6.45) is 0.0391. The van der Waals surface area contributed by atoms with E-state index in [0.717, 1.165) is 5.70 Å². The van der Waals surface area contributed by atoms with Gasteiger partial charge in [0.15, 0.2) is 5.78 Å². The highest BCUT2D eigenvalue weighted by Crippen LogP contribution is 2.47.